The molecule has 0 aromatic heterocycles. The van der Waals surface area contributed by atoms with Crippen molar-refractivity contribution in [2.45, 2.75) is 0 Å². The van der Waals surface area contributed by atoms with E-state index in [0.717, 1.165) is 11.1 Å². The van der Waals surface area contributed by atoms with Gasteiger partial charge < -0.3 is 0 Å². The van der Waals surface area contributed by atoms with E-state index in [1.54, 1.807) is 0 Å². The Hall–Kier alpha value is -15.5. The third-order valence-electron chi connectivity index (χ3n) is 19.4. The number of benzene rings is 21. The summed E-state index contributed by atoms with van der Waals surface area (Å²) in [6.07, 6.45) is 4.24. The fourth-order valence-corrected chi connectivity index (χ4v) is 13.2. The average Bonchev–Trinajstić information content (AvgIpc) is 0.802. The van der Waals surface area contributed by atoms with Gasteiger partial charge in [0.25, 0.3) is 0 Å². The lowest BCUT2D eigenvalue weighted by molar-refractivity contribution is 1.59. The molecule has 0 aliphatic rings. The third kappa shape index (κ3) is 25.5. The lowest BCUT2D eigenvalue weighted by Gasteiger charge is -2.04. The van der Waals surface area contributed by atoms with Crippen LogP contribution in [0.1, 0.15) is 22.3 Å². The molecule has 0 N–H and O–H groups in total. The van der Waals surface area contributed by atoms with Gasteiger partial charge in [-0.1, -0.05) is 528 Å². The molecule has 564 valence electrons. The smallest absolute Gasteiger partial charge is 0.0249 e. The van der Waals surface area contributed by atoms with Crippen LogP contribution in [0.5, 0.6) is 0 Å². The van der Waals surface area contributed by atoms with Crippen LogP contribution in [0.3, 0.4) is 0 Å². The second kappa shape index (κ2) is 45.2. The zero-order valence-corrected chi connectivity index (χ0v) is 66.1. The van der Waals surface area contributed by atoms with Gasteiger partial charge in [0.2, 0.25) is 0 Å². The Balaban J connectivity index is 0.000000116. The second-order valence-corrected chi connectivity index (χ2v) is 27.7. The molecule has 0 bridgehead atoms. The van der Waals surface area contributed by atoms with E-state index < -0.39 is 0 Å². The second-order valence-electron chi connectivity index (χ2n) is 27.7. The van der Waals surface area contributed by atoms with Crippen LogP contribution in [-0.4, -0.2) is 0 Å². The lowest BCUT2D eigenvalue weighted by Crippen LogP contribution is -1.79. The quantitative estimate of drug-likeness (QED) is 0.0674. The molecule has 0 spiro atoms. The van der Waals surface area contributed by atoms with Gasteiger partial charge in [0.15, 0.2) is 0 Å². The minimum absolute atomic E-state index is 1.05. The molecule has 0 fully saturated rings. The first-order valence-corrected chi connectivity index (χ1v) is 40.0. The molecular formula is C118H92. The van der Waals surface area contributed by atoms with Crippen molar-refractivity contribution in [3.05, 3.63) is 568 Å². The molecule has 0 nitrogen and oxygen atoms in total. The Kier molecular flexibility index (Phi) is 30.9. The highest BCUT2D eigenvalue weighted by Crippen LogP contribution is 2.29. The van der Waals surface area contributed by atoms with E-state index in [1.807, 2.05) is 164 Å². The molecule has 0 aliphatic heterocycles. The molecule has 0 unspecified atom stereocenters. The monoisotopic (exact) mass is 1510 g/mol. The van der Waals surface area contributed by atoms with Crippen LogP contribution in [0.4, 0.5) is 0 Å². The molecular weight excluding hydrogens is 1420 g/mol. The molecule has 21 aromatic carbocycles. The lowest BCUT2D eigenvalue weighted by atomic mass is 10.0. The van der Waals surface area contributed by atoms with Gasteiger partial charge >= 0.3 is 0 Å². The van der Waals surface area contributed by atoms with Gasteiger partial charge in [-0.05, 0) is 163 Å². The number of fused-ring (bicyclic) bond motifs is 7. The molecule has 118 heavy (non-hydrogen) atoms. The largest absolute Gasteiger partial charge is 0.0623 e. The fraction of sp³-hybridized carbons (Fsp3) is 0. The van der Waals surface area contributed by atoms with Crippen molar-refractivity contribution < 1.29 is 0 Å². The van der Waals surface area contributed by atoms with E-state index in [1.165, 1.54) is 120 Å². The number of rotatable bonds is 6. The maximum Gasteiger partial charge on any atom is 0.0249 e. The molecule has 21 rings (SSSR count). The van der Waals surface area contributed by atoms with Crippen LogP contribution < -0.4 is 0 Å². The van der Waals surface area contributed by atoms with E-state index in [2.05, 4.69) is 406 Å². The Labute approximate surface area is 696 Å². The highest BCUT2D eigenvalue weighted by molar-refractivity contribution is 6.07. The van der Waals surface area contributed by atoms with Crippen LogP contribution in [0.2, 0.25) is 0 Å². The summed E-state index contributed by atoms with van der Waals surface area (Å²) >= 11 is 0. The first-order valence-electron chi connectivity index (χ1n) is 40.0. The first kappa shape index (κ1) is 80.5. The fourth-order valence-electron chi connectivity index (χ4n) is 13.2. The molecule has 0 radical (unpaired) electrons. The summed E-state index contributed by atoms with van der Waals surface area (Å²) in [6.45, 7) is 0. The SMILES string of the molecule is C(#Cc1ccccc1)c1ccccc1.C(=C\c1ccccc1)/c1ccccc1.c1ccc(-c2ccc(-c3ccccc3)cc2)cc1.c1ccc(-c2ccc3ccccc3c2)cc1.c1ccc(-c2ccccc2)cc1.c1ccc2c(c1)ccc1ccccc12.c1ccc2cc3ccccc3cc2c1.c1ccc2ccccc2c1.c1ccccc1. The van der Waals surface area contributed by atoms with Crippen molar-refractivity contribution in [2.24, 2.45) is 0 Å². The van der Waals surface area contributed by atoms with Gasteiger partial charge in [-0.15, -0.1) is 0 Å². The minimum Gasteiger partial charge on any atom is -0.0623 e. The standard InChI is InChI=1S/C18H14.C16H12.2C14H10.C14H12.C14H10.C12H10.C10H8.C6H6/c1-3-7-15(8-4-1)17-11-13-18(14-12-17)16-9-5-2-6-10-16;1-2-6-13(7-3-1)16-11-10-14-8-4-5-9-15(14)12-16;1-3-7-13-11(5-1)9-10-12-6-2-4-8-14(12)13;1-2-6-12-10-14-8-4-3-7-13(14)9-11(12)5-1;2*1-3-7-13(8-4-1)11-12-14-9-5-2-6-10-14;1-3-7-11(8-4-1)12-9-5-2-6-10-12;1-2-6-10-8-4-3-7-9(10)5-1;1-2-4-6-5-3-1/h1-14H;1-12H;2*1-10H;1-12H;1-10H;1-10H;1-8H;1-6H/b;;;;12-11+;;;;. The highest BCUT2D eigenvalue weighted by Gasteiger charge is 2.03. The normalized spacial score (nSPS) is 10.1. The molecule has 0 saturated heterocycles. The van der Waals surface area contributed by atoms with Crippen LogP contribution in [0.25, 0.3) is 121 Å². The topological polar surface area (TPSA) is 0 Å². The van der Waals surface area contributed by atoms with Crippen LogP contribution in [0.15, 0.2) is 546 Å². The predicted molar refractivity (Wildman–Crippen MR) is 513 cm³/mol. The molecule has 21 aromatic rings. The van der Waals surface area contributed by atoms with Crippen molar-refractivity contribution >= 4 is 76.8 Å². The maximum absolute atomic E-state index is 3.11. The van der Waals surface area contributed by atoms with Gasteiger partial charge in [0.1, 0.15) is 0 Å². The Morgan fingerprint density at radius 3 is 0.585 bits per heavy atom. The summed E-state index contributed by atoms with van der Waals surface area (Å²) in [5, 5.41) is 15.8. The van der Waals surface area contributed by atoms with E-state index in [4.69, 9.17) is 0 Å². The predicted octanol–water partition coefficient (Wildman–Crippen LogP) is 32.3. The zero-order chi connectivity index (χ0) is 80.3. The molecule has 0 atom stereocenters. The van der Waals surface area contributed by atoms with Crippen molar-refractivity contribution in [2.75, 3.05) is 0 Å². The van der Waals surface area contributed by atoms with Crippen molar-refractivity contribution in [3.63, 3.8) is 0 Å². The summed E-state index contributed by atoms with van der Waals surface area (Å²) < 4.78 is 0. The van der Waals surface area contributed by atoms with Gasteiger partial charge in [0.05, 0.1) is 0 Å². The van der Waals surface area contributed by atoms with Crippen molar-refractivity contribution in [1.82, 2.24) is 0 Å². The Morgan fingerprint density at radius 1 is 0.119 bits per heavy atom. The summed E-state index contributed by atoms with van der Waals surface area (Å²) in [5.74, 6) is 6.22. The van der Waals surface area contributed by atoms with Crippen LogP contribution >= 0.6 is 0 Å². The van der Waals surface area contributed by atoms with Gasteiger partial charge in [0, 0.05) is 11.1 Å². The maximum atomic E-state index is 3.11. The van der Waals surface area contributed by atoms with Crippen molar-refractivity contribution in [3.8, 4) is 56.3 Å². The minimum atomic E-state index is 1.05. The number of hydrogen-bond donors (Lipinski definition) is 0. The van der Waals surface area contributed by atoms with Gasteiger partial charge in [-0.25, -0.2) is 0 Å². The third-order valence-corrected chi connectivity index (χ3v) is 19.4. The van der Waals surface area contributed by atoms with Crippen LogP contribution in [-0.2, 0) is 0 Å². The summed E-state index contributed by atoms with van der Waals surface area (Å²) in [5.41, 5.74) is 14.7. The summed E-state index contributed by atoms with van der Waals surface area (Å²) in [6, 6.07) is 188. The number of hydrogen-bond acceptors (Lipinski definition) is 0. The first-order chi connectivity index (χ1) is 58.6. The molecule has 0 heteroatoms. The summed E-state index contributed by atoms with van der Waals surface area (Å²) in [7, 11) is 0. The average molecular weight is 1510 g/mol. The van der Waals surface area contributed by atoms with E-state index in [0.29, 0.717) is 0 Å². The molecule has 0 heterocycles. The van der Waals surface area contributed by atoms with Gasteiger partial charge in [-0.2, -0.15) is 0 Å². The molecule has 0 aliphatic carbocycles. The highest BCUT2D eigenvalue weighted by atomic mass is 14.1. The molecule has 0 saturated carbocycles. The molecule has 0 amide bonds. The Morgan fingerprint density at radius 2 is 0.297 bits per heavy atom. The van der Waals surface area contributed by atoms with Gasteiger partial charge in [-0.3, -0.25) is 0 Å². The Bertz CT molecular complexity index is 6080. The van der Waals surface area contributed by atoms with Crippen LogP contribution in [0, 0.1) is 11.8 Å². The van der Waals surface area contributed by atoms with E-state index in [9.17, 15) is 0 Å². The zero-order valence-electron chi connectivity index (χ0n) is 66.1. The van der Waals surface area contributed by atoms with E-state index >= 15 is 0 Å². The van der Waals surface area contributed by atoms with Crippen molar-refractivity contribution in [1.29, 1.82) is 0 Å². The summed E-state index contributed by atoms with van der Waals surface area (Å²) in [4.78, 5) is 0. The van der Waals surface area contributed by atoms with E-state index in [-0.39, 0.29) is 0 Å².